The maximum absolute atomic E-state index is 13.3. The lowest BCUT2D eigenvalue weighted by Crippen LogP contribution is -2.54. The second-order valence-electron chi connectivity index (χ2n) is 9.69. The number of carbonyl (C=O) groups excluding carboxylic acids is 1. The molecule has 0 saturated carbocycles. The smallest absolute Gasteiger partial charge is 0.227 e. The molecule has 0 spiro atoms. The van der Waals surface area contributed by atoms with Crippen molar-refractivity contribution in [1.29, 1.82) is 0 Å². The number of nitrogens with zero attached hydrogens (tertiary/aromatic N) is 3. The van der Waals surface area contributed by atoms with Crippen LogP contribution >= 0.6 is 0 Å². The Morgan fingerprint density at radius 1 is 1.00 bits per heavy atom. The first kappa shape index (κ1) is 21.1. The zero-order chi connectivity index (χ0) is 22.1. The second-order valence-corrected chi connectivity index (χ2v) is 9.69. The van der Waals surface area contributed by atoms with E-state index in [9.17, 15) is 4.79 Å². The van der Waals surface area contributed by atoms with Gasteiger partial charge in [0.1, 0.15) is 0 Å². The fraction of sp³-hybridized carbons (Fsp3) is 0.444. The molecule has 1 unspecified atom stereocenters. The van der Waals surface area contributed by atoms with Crippen LogP contribution in [0.2, 0.25) is 0 Å². The zero-order valence-electron chi connectivity index (χ0n) is 19.3. The minimum Gasteiger partial charge on any atom is -0.368 e. The molecule has 5 nitrogen and oxygen atoms in total. The van der Waals surface area contributed by atoms with Gasteiger partial charge in [0.25, 0.3) is 0 Å². The van der Waals surface area contributed by atoms with E-state index in [-0.39, 0.29) is 11.9 Å². The Morgan fingerprint density at radius 2 is 1.78 bits per heavy atom. The maximum atomic E-state index is 13.3. The number of para-hydroxylation sites is 1. The van der Waals surface area contributed by atoms with Gasteiger partial charge in [-0.1, -0.05) is 38.1 Å². The average Bonchev–Trinajstić information content (AvgIpc) is 3.28. The van der Waals surface area contributed by atoms with E-state index in [2.05, 4.69) is 82.1 Å². The topological polar surface area (TPSA) is 42.6 Å². The number of aromatic amines is 1. The van der Waals surface area contributed by atoms with Crippen molar-refractivity contribution in [2.75, 3.05) is 42.5 Å². The number of anilines is 2. The fourth-order valence-electron chi connectivity index (χ4n) is 5.38. The summed E-state index contributed by atoms with van der Waals surface area (Å²) in [4.78, 5) is 23.8. The Labute approximate surface area is 191 Å². The Hall–Kier alpha value is -2.79. The summed E-state index contributed by atoms with van der Waals surface area (Å²) < 4.78 is 0. The molecule has 1 saturated heterocycles. The molecule has 1 aromatic heterocycles. The maximum Gasteiger partial charge on any atom is 0.227 e. The molecule has 0 bridgehead atoms. The summed E-state index contributed by atoms with van der Waals surface area (Å²) in [5, 5.41) is 1.30. The van der Waals surface area contributed by atoms with Crippen LogP contribution in [-0.2, 0) is 11.2 Å². The van der Waals surface area contributed by atoms with Crippen LogP contribution in [0.4, 0.5) is 11.4 Å². The number of rotatable bonds is 5. The molecule has 2 aliphatic rings. The van der Waals surface area contributed by atoms with Crippen LogP contribution in [0.15, 0.2) is 54.7 Å². The van der Waals surface area contributed by atoms with Crippen LogP contribution in [0.25, 0.3) is 10.9 Å². The normalized spacial score (nSPS) is 19.5. The van der Waals surface area contributed by atoms with Gasteiger partial charge >= 0.3 is 0 Å². The van der Waals surface area contributed by atoms with E-state index in [1.165, 1.54) is 22.2 Å². The first-order chi connectivity index (χ1) is 15.6. The number of H-pyrrole nitrogens is 1. The summed E-state index contributed by atoms with van der Waals surface area (Å²) >= 11 is 0. The van der Waals surface area contributed by atoms with Crippen molar-refractivity contribution in [3.05, 3.63) is 60.3 Å². The second kappa shape index (κ2) is 8.99. The number of fused-ring (bicyclic) bond motifs is 2. The van der Waals surface area contributed by atoms with E-state index in [0.29, 0.717) is 12.3 Å². The Bertz CT molecular complexity index is 1080. The van der Waals surface area contributed by atoms with E-state index in [0.717, 1.165) is 51.3 Å². The van der Waals surface area contributed by atoms with Gasteiger partial charge in [-0.25, -0.2) is 0 Å². The van der Waals surface area contributed by atoms with Crippen LogP contribution in [0.3, 0.4) is 0 Å². The van der Waals surface area contributed by atoms with Crippen LogP contribution in [-0.4, -0.2) is 54.6 Å². The quantitative estimate of drug-likeness (QED) is 0.639. The third-order valence-corrected chi connectivity index (χ3v) is 6.97. The lowest BCUT2D eigenvalue weighted by Gasteiger charge is -2.43. The summed E-state index contributed by atoms with van der Waals surface area (Å²) in [6.07, 6.45) is 4.73. The van der Waals surface area contributed by atoms with E-state index in [4.69, 9.17) is 0 Å². The van der Waals surface area contributed by atoms with Crippen molar-refractivity contribution in [3.63, 3.8) is 0 Å². The number of aromatic nitrogens is 1. The van der Waals surface area contributed by atoms with Gasteiger partial charge in [-0.05, 0) is 48.6 Å². The van der Waals surface area contributed by atoms with Crippen molar-refractivity contribution in [1.82, 2.24) is 9.88 Å². The SMILES string of the molecule is CC(C)CC(=O)N1c2ccccc2CCC1CN1CCN(c2cccc3[nH]ccc23)CC1. The summed E-state index contributed by atoms with van der Waals surface area (Å²) in [5.74, 6) is 0.645. The van der Waals surface area contributed by atoms with Crippen LogP contribution in [0.5, 0.6) is 0 Å². The first-order valence-corrected chi connectivity index (χ1v) is 12.0. The molecular formula is C27H34N4O. The van der Waals surface area contributed by atoms with E-state index in [1.54, 1.807) is 0 Å². The minimum atomic E-state index is 0.260. The molecule has 5 heteroatoms. The van der Waals surface area contributed by atoms with Gasteiger partial charge in [0, 0.05) is 73.7 Å². The highest BCUT2D eigenvalue weighted by Crippen LogP contribution is 2.33. The fourth-order valence-corrected chi connectivity index (χ4v) is 5.38. The highest BCUT2D eigenvalue weighted by Gasteiger charge is 2.33. The average molecular weight is 431 g/mol. The van der Waals surface area contributed by atoms with Gasteiger partial charge in [-0.15, -0.1) is 0 Å². The highest BCUT2D eigenvalue weighted by atomic mass is 16.2. The predicted octanol–water partition coefficient (Wildman–Crippen LogP) is 4.68. The van der Waals surface area contributed by atoms with Crippen molar-refractivity contribution in [2.24, 2.45) is 5.92 Å². The number of benzene rings is 2. The van der Waals surface area contributed by atoms with Crippen molar-refractivity contribution < 1.29 is 4.79 Å². The molecule has 1 amide bonds. The molecule has 3 aromatic rings. The van der Waals surface area contributed by atoms with Crippen molar-refractivity contribution in [2.45, 2.75) is 39.2 Å². The lowest BCUT2D eigenvalue weighted by atomic mass is 9.94. The van der Waals surface area contributed by atoms with Crippen molar-refractivity contribution in [3.8, 4) is 0 Å². The summed E-state index contributed by atoms with van der Waals surface area (Å²) in [6, 6.07) is 17.4. The number of aryl methyl sites for hydroxylation is 1. The molecule has 3 heterocycles. The predicted molar refractivity (Wildman–Crippen MR) is 132 cm³/mol. The molecule has 32 heavy (non-hydrogen) atoms. The Kier molecular flexibility index (Phi) is 5.92. The Balaban J connectivity index is 1.28. The zero-order valence-corrected chi connectivity index (χ0v) is 19.3. The number of carbonyl (C=O) groups is 1. The molecule has 1 atom stereocenters. The first-order valence-electron chi connectivity index (χ1n) is 12.0. The minimum absolute atomic E-state index is 0.260. The summed E-state index contributed by atoms with van der Waals surface area (Å²) in [5.41, 5.74) is 4.96. The molecule has 0 aliphatic carbocycles. The van der Waals surface area contributed by atoms with Gasteiger partial charge in [0.05, 0.1) is 0 Å². The molecule has 2 aromatic carbocycles. The van der Waals surface area contributed by atoms with E-state index < -0.39 is 0 Å². The van der Waals surface area contributed by atoms with E-state index in [1.807, 2.05) is 6.20 Å². The molecule has 1 N–H and O–H groups in total. The highest BCUT2D eigenvalue weighted by molar-refractivity contribution is 5.95. The number of amides is 1. The molecular weight excluding hydrogens is 396 g/mol. The van der Waals surface area contributed by atoms with Crippen LogP contribution in [0.1, 0.15) is 32.3 Å². The summed E-state index contributed by atoms with van der Waals surface area (Å²) in [6.45, 7) is 9.33. The lowest BCUT2D eigenvalue weighted by molar-refractivity contribution is -0.120. The third kappa shape index (κ3) is 4.14. The van der Waals surface area contributed by atoms with Gasteiger partial charge in [-0.3, -0.25) is 9.69 Å². The number of hydrogen-bond donors (Lipinski definition) is 1. The molecule has 168 valence electrons. The van der Waals surface area contributed by atoms with Gasteiger partial charge in [0.15, 0.2) is 0 Å². The number of piperazine rings is 1. The monoisotopic (exact) mass is 430 g/mol. The number of hydrogen-bond acceptors (Lipinski definition) is 3. The molecule has 2 aliphatic heterocycles. The summed E-state index contributed by atoms with van der Waals surface area (Å²) in [7, 11) is 0. The molecule has 0 radical (unpaired) electrons. The largest absolute Gasteiger partial charge is 0.368 e. The van der Waals surface area contributed by atoms with Gasteiger partial charge < -0.3 is 14.8 Å². The number of nitrogens with one attached hydrogen (secondary N) is 1. The van der Waals surface area contributed by atoms with Crippen molar-refractivity contribution >= 4 is 28.2 Å². The molecule has 5 rings (SSSR count). The van der Waals surface area contributed by atoms with Crippen LogP contribution < -0.4 is 9.80 Å². The standard InChI is InChI=1S/C27H34N4O/c1-20(2)18-27(32)31-22(11-10-21-6-3-4-8-25(21)31)19-29-14-16-30(17-15-29)26-9-5-7-24-23(26)12-13-28-24/h3-9,12-13,20,22,28H,10-11,14-19H2,1-2H3. The van der Waals surface area contributed by atoms with Gasteiger partial charge in [-0.2, -0.15) is 0 Å². The Morgan fingerprint density at radius 3 is 2.59 bits per heavy atom. The molecule has 1 fully saturated rings. The van der Waals surface area contributed by atoms with Gasteiger partial charge in [0.2, 0.25) is 5.91 Å². The van der Waals surface area contributed by atoms with E-state index >= 15 is 0 Å². The van der Waals surface area contributed by atoms with Crippen LogP contribution in [0, 0.1) is 5.92 Å². The third-order valence-electron chi connectivity index (χ3n) is 6.97.